The lowest BCUT2D eigenvalue weighted by Gasteiger charge is -2.07. The quantitative estimate of drug-likeness (QED) is 0.874. The van der Waals surface area contributed by atoms with Crippen LogP contribution in [-0.4, -0.2) is 21.6 Å². The van der Waals surface area contributed by atoms with Crippen LogP contribution in [0.5, 0.6) is 0 Å². The highest BCUT2D eigenvalue weighted by molar-refractivity contribution is 9.10. The van der Waals surface area contributed by atoms with Gasteiger partial charge < -0.3 is 5.73 Å². The van der Waals surface area contributed by atoms with Crippen LogP contribution in [0.3, 0.4) is 0 Å². The maximum Gasteiger partial charge on any atom is 0.140 e. The smallest absolute Gasteiger partial charge is 0.140 e. The molecule has 0 aliphatic rings. The van der Waals surface area contributed by atoms with Crippen molar-refractivity contribution in [3.63, 3.8) is 0 Å². The molecule has 1 rings (SSSR count). The fraction of sp³-hybridized carbons (Fsp3) is 0.667. The molecule has 2 N–H and O–H groups in total. The predicted octanol–water partition coefficient (Wildman–Crippen LogP) is 1.98. The van der Waals surface area contributed by atoms with Gasteiger partial charge in [0.15, 0.2) is 0 Å². The van der Waals surface area contributed by atoms with Gasteiger partial charge in [-0.25, -0.2) is 0 Å². The maximum absolute atomic E-state index is 11.8. The first-order valence-corrected chi connectivity index (χ1v) is 6.76. The Hall–Kier alpha value is -0.680. The molecule has 17 heavy (non-hydrogen) atoms. The highest BCUT2D eigenvalue weighted by atomic mass is 79.9. The molecule has 4 nitrogen and oxygen atoms in total. The summed E-state index contributed by atoms with van der Waals surface area (Å²) in [5.41, 5.74) is 7.72. The predicted molar refractivity (Wildman–Crippen MR) is 71.9 cm³/mol. The molecule has 0 bridgehead atoms. The van der Waals surface area contributed by atoms with Gasteiger partial charge in [0.2, 0.25) is 0 Å². The fourth-order valence-electron chi connectivity index (χ4n) is 1.71. The van der Waals surface area contributed by atoms with Crippen LogP contribution in [0, 0.1) is 0 Å². The number of Topliss-reactive ketones (excluding diaryl/α,β-unsaturated/α-hetero) is 1. The van der Waals surface area contributed by atoms with E-state index >= 15 is 0 Å². The summed E-state index contributed by atoms with van der Waals surface area (Å²) >= 11 is 3.51. The molecule has 1 heterocycles. The molecule has 0 radical (unpaired) electrons. The van der Waals surface area contributed by atoms with E-state index in [0.717, 1.165) is 28.7 Å². The Kier molecular flexibility index (Phi) is 5.33. The number of halogens is 1. The van der Waals surface area contributed by atoms with Crippen LogP contribution >= 0.6 is 15.9 Å². The van der Waals surface area contributed by atoms with E-state index in [9.17, 15) is 4.79 Å². The van der Waals surface area contributed by atoms with Gasteiger partial charge in [-0.2, -0.15) is 5.10 Å². The van der Waals surface area contributed by atoms with Crippen molar-refractivity contribution in [2.45, 2.75) is 45.6 Å². The number of ketones is 1. The molecule has 0 amide bonds. The van der Waals surface area contributed by atoms with Crippen molar-refractivity contribution in [1.82, 2.24) is 9.78 Å². The average molecular weight is 302 g/mol. The van der Waals surface area contributed by atoms with Crippen LogP contribution in [0.25, 0.3) is 0 Å². The zero-order chi connectivity index (χ0) is 13.0. The second-order valence-corrected chi connectivity index (χ2v) is 5.07. The molecule has 1 aromatic rings. The third-order valence-corrected chi connectivity index (χ3v) is 3.80. The molecule has 1 atom stereocenters. The standard InChI is InChI=1S/C12H20BrN3O/c1-4-8(14)6-9(17)7-11-12(13)10(5-2)15-16(11)3/h8H,4-7,14H2,1-3H3. The molecule has 96 valence electrons. The summed E-state index contributed by atoms with van der Waals surface area (Å²) in [6.07, 6.45) is 2.53. The fourth-order valence-corrected chi connectivity index (χ4v) is 2.46. The summed E-state index contributed by atoms with van der Waals surface area (Å²) in [4.78, 5) is 11.8. The largest absolute Gasteiger partial charge is 0.327 e. The Balaban J connectivity index is 2.74. The summed E-state index contributed by atoms with van der Waals surface area (Å²) in [5, 5.41) is 4.37. The van der Waals surface area contributed by atoms with Crippen molar-refractivity contribution < 1.29 is 4.79 Å². The van der Waals surface area contributed by atoms with Crippen molar-refractivity contribution in [2.24, 2.45) is 12.8 Å². The van der Waals surface area contributed by atoms with E-state index in [0.29, 0.717) is 12.8 Å². The van der Waals surface area contributed by atoms with Crippen LogP contribution in [0.4, 0.5) is 0 Å². The summed E-state index contributed by atoms with van der Waals surface area (Å²) < 4.78 is 2.74. The molecule has 0 spiro atoms. The molecule has 0 aliphatic carbocycles. The van der Waals surface area contributed by atoms with Crippen molar-refractivity contribution in [2.75, 3.05) is 0 Å². The summed E-state index contributed by atoms with van der Waals surface area (Å²) in [5.74, 6) is 0.172. The Labute approximate surface area is 111 Å². The Bertz CT molecular complexity index is 401. The topological polar surface area (TPSA) is 60.9 Å². The number of hydrogen-bond acceptors (Lipinski definition) is 3. The first-order chi connectivity index (χ1) is 7.99. The number of carbonyl (C=O) groups is 1. The summed E-state index contributed by atoms with van der Waals surface area (Å²) in [7, 11) is 1.87. The first kappa shape index (κ1) is 14.4. The number of rotatable bonds is 6. The third kappa shape index (κ3) is 3.64. The minimum atomic E-state index is -0.0276. The molecule has 0 aromatic carbocycles. The molecule has 0 saturated carbocycles. The number of nitrogens with zero attached hydrogens (tertiary/aromatic N) is 2. The van der Waals surface area contributed by atoms with Gasteiger partial charge in [0.05, 0.1) is 15.9 Å². The number of nitrogens with two attached hydrogens (primary N) is 1. The van der Waals surface area contributed by atoms with Crippen molar-refractivity contribution in [1.29, 1.82) is 0 Å². The molecule has 0 saturated heterocycles. The Morgan fingerprint density at radius 1 is 1.53 bits per heavy atom. The minimum Gasteiger partial charge on any atom is -0.327 e. The molecule has 1 unspecified atom stereocenters. The Morgan fingerprint density at radius 3 is 2.65 bits per heavy atom. The second kappa shape index (κ2) is 6.31. The third-order valence-electron chi connectivity index (χ3n) is 2.88. The van der Waals surface area contributed by atoms with Crippen LogP contribution in [0.15, 0.2) is 4.47 Å². The van der Waals surface area contributed by atoms with Gasteiger partial charge in [-0.1, -0.05) is 13.8 Å². The van der Waals surface area contributed by atoms with Gasteiger partial charge in [0.25, 0.3) is 0 Å². The highest BCUT2D eigenvalue weighted by Crippen LogP contribution is 2.22. The van der Waals surface area contributed by atoms with Crippen molar-refractivity contribution in [3.05, 3.63) is 15.9 Å². The van der Waals surface area contributed by atoms with Crippen LogP contribution in [-0.2, 0) is 24.7 Å². The van der Waals surface area contributed by atoms with Crippen LogP contribution < -0.4 is 5.73 Å². The van der Waals surface area contributed by atoms with E-state index in [1.54, 1.807) is 4.68 Å². The number of aryl methyl sites for hydroxylation is 2. The monoisotopic (exact) mass is 301 g/mol. The maximum atomic E-state index is 11.8. The van der Waals surface area contributed by atoms with Crippen molar-refractivity contribution >= 4 is 21.7 Å². The normalized spacial score (nSPS) is 12.8. The van der Waals surface area contributed by atoms with E-state index in [-0.39, 0.29) is 11.8 Å². The summed E-state index contributed by atoms with van der Waals surface area (Å²) in [6.45, 7) is 4.04. The molecule has 0 aliphatic heterocycles. The number of aromatic nitrogens is 2. The lowest BCUT2D eigenvalue weighted by atomic mass is 10.1. The summed E-state index contributed by atoms with van der Waals surface area (Å²) in [6, 6.07) is -0.0276. The second-order valence-electron chi connectivity index (χ2n) is 4.27. The lowest BCUT2D eigenvalue weighted by molar-refractivity contribution is -0.118. The molecule has 0 fully saturated rings. The van der Waals surface area contributed by atoms with Crippen LogP contribution in [0.2, 0.25) is 0 Å². The van der Waals surface area contributed by atoms with Gasteiger partial charge in [0.1, 0.15) is 5.78 Å². The van der Waals surface area contributed by atoms with Crippen LogP contribution in [0.1, 0.15) is 38.1 Å². The minimum absolute atomic E-state index is 0.0276. The van der Waals surface area contributed by atoms with Gasteiger partial charge >= 0.3 is 0 Å². The lowest BCUT2D eigenvalue weighted by Crippen LogP contribution is -2.24. The zero-order valence-electron chi connectivity index (χ0n) is 10.7. The van der Waals surface area contributed by atoms with E-state index in [1.807, 2.05) is 20.9 Å². The number of hydrogen-bond donors (Lipinski definition) is 1. The molecular weight excluding hydrogens is 282 g/mol. The molecular formula is C12H20BrN3O. The zero-order valence-corrected chi connectivity index (χ0v) is 12.2. The molecule has 1 aromatic heterocycles. The SMILES string of the molecule is CCc1nn(C)c(CC(=O)CC(N)CC)c1Br. The van der Waals surface area contributed by atoms with Gasteiger partial charge in [-0.05, 0) is 28.8 Å². The van der Waals surface area contributed by atoms with Gasteiger partial charge in [0, 0.05) is 25.9 Å². The van der Waals surface area contributed by atoms with Crippen molar-refractivity contribution in [3.8, 4) is 0 Å². The van der Waals surface area contributed by atoms with E-state index in [1.165, 1.54) is 0 Å². The average Bonchev–Trinajstić information content (AvgIpc) is 2.56. The van der Waals surface area contributed by atoms with Gasteiger partial charge in [-0.15, -0.1) is 0 Å². The first-order valence-electron chi connectivity index (χ1n) is 5.97. The Morgan fingerprint density at radius 2 is 2.18 bits per heavy atom. The highest BCUT2D eigenvalue weighted by Gasteiger charge is 2.16. The van der Waals surface area contributed by atoms with Gasteiger partial charge in [-0.3, -0.25) is 9.48 Å². The molecule has 5 heteroatoms. The van der Waals surface area contributed by atoms with E-state index in [2.05, 4.69) is 21.0 Å². The number of carbonyl (C=O) groups excluding carboxylic acids is 1. The van der Waals surface area contributed by atoms with E-state index in [4.69, 9.17) is 5.73 Å². The van der Waals surface area contributed by atoms with E-state index < -0.39 is 0 Å².